The molecule has 0 atom stereocenters. The van der Waals surface area contributed by atoms with Gasteiger partial charge in [-0.05, 0) is 0 Å². The largest absolute Gasteiger partial charge is 0.469 e. The van der Waals surface area contributed by atoms with Crippen molar-refractivity contribution in [2.75, 3.05) is 7.11 Å². The molecule has 0 rings (SSSR count). The summed E-state index contributed by atoms with van der Waals surface area (Å²) in [4.78, 5) is 9.59. The summed E-state index contributed by atoms with van der Waals surface area (Å²) in [7, 11) is 1.35. The molecule has 0 N–H and O–H groups in total. The Balaban J connectivity index is 0. The molecule has 0 fully saturated rings. The zero-order chi connectivity index (χ0) is 4.28. The Hall–Kier alpha value is -0.0105. The molecule has 0 aromatic rings. The van der Waals surface area contributed by atoms with Crippen LogP contribution in [0.3, 0.4) is 0 Å². The van der Waals surface area contributed by atoms with E-state index in [1.54, 1.807) is 0 Å². The first-order chi connectivity index (χ1) is 2.27. The molecule has 0 aromatic heterocycles. The molecule has 0 unspecified atom stereocenters. The predicted molar refractivity (Wildman–Crippen MR) is 17.7 cm³/mol. The zero-order valence-electron chi connectivity index (χ0n) is 3.69. The Morgan fingerprint density at radius 3 is 1.83 bits per heavy atom. The molecule has 0 spiro atoms. The van der Waals surface area contributed by atoms with Crippen LogP contribution in [0.25, 0.3) is 0 Å². The summed E-state index contributed by atoms with van der Waals surface area (Å²) in [6.07, 6.45) is 0. The van der Waals surface area contributed by atoms with Gasteiger partial charge in [-0.3, -0.25) is 4.79 Å². The average molecular weight is 129 g/mol. The van der Waals surface area contributed by atoms with E-state index < -0.39 is 0 Å². The molecule has 0 saturated carbocycles. The molecule has 0 bridgehead atoms. The van der Waals surface area contributed by atoms with E-state index in [0.29, 0.717) is 0 Å². The fraction of sp³-hybridized carbons (Fsp3) is 0.667. The van der Waals surface area contributed by atoms with Crippen LogP contribution in [-0.2, 0) is 26.6 Å². The van der Waals surface area contributed by atoms with E-state index in [1.807, 2.05) is 0 Å². The molecule has 6 heavy (non-hydrogen) atoms. The van der Waals surface area contributed by atoms with Gasteiger partial charge < -0.3 is 4.74 Å². The average Bonchev–Trinajstić information content (AvgIpc) is 1.38. The molecule has 0 aromatic carbocycles. The van der Waals surface area contributed by atoms with Crippen LogP contribution in [0.4, 0.5) is 0 Å². The fourth-order valence-electron chi connectivity index (χ4n) is 0. The Labute approximate surface area is 47.3 Å². The van der Waals surface area contributed by atoms with Gasteiger partial charge in [0.15, 0.2) is 0 Å². The van der Waals surface area contributed by atoms with Gasteiger partial charge in [-0.25, -0.2) is 0 Å². The topological polar surface area (TPSA) is 26.3 Å². The molecule has 37 valence electrons. The number of rotatable bonds is 0. The maximum atomic E-state index is 9.59. The first-order valence-electron chi connectivity index (χ1n) is 1.32. The molecule has 0 heterocycles. The smallest absolute Gasteiger partial charge is 0.302 e. The predicted octanol–water partition coefficient (Wildman–Crippen LogP) is 0.177. The maximum Gasteiger partial charge on any atom is 0.302 e. The Kier molecular flexibility index (Phi) is 7.79. The van der Waals surface area contributed by atoms with Gasteiger partial charge >= 0.3 is 5.97 Å². The van der Waals surface area contributed by atoms with Crippen LogP contribution in [0.1, 0.15) is 6.92 Å². The van der Waals surface area contributed by atoms with Crippen molar-refractivity contribution < 1.29 is 26.6 Å². The molecule has 2 nitrogen and oxygen atoms in total. The molecule has 0 aliphatic carbocycles. The molecule has 0 saturated heterocycles. The van der Waals surface area contributed by atoms with Crippen LogP contribution in [0, 0.1) is 0 Å². The van der Waals surface area contributed by atoms with Gasteiger partial charge in [0.1, 0.15) is 0 Å². The summed E-state index contributed by atoms with van der Waals surface area (Å²) < 4.78 is 4.11. The second kappa shape index (κ2) is 4.99. The van der Waals surface area contributed by atoms with Crippen molar-refractivity contribution in [3.8, 4) is 0 Å². The number of hydrogen-bond acceptors (Lipinski definition) is 2. The standard InChI is InChI=1S/C3H6O2.Mn/c1-3(4)5-2;/h1-2H3;. The van der Waals surface area contributed by atoms with Gasteiger partial charge in [-0.1, -0.05) is 0 Å². The number of methoxy groups -OCH3 is 1. The molecular weight excluding hydrogens is 123 g/mol. The van der Waals surface area contributed by atoms with E-state index in [9.17, 15) is 4.79 Å². The van der Waals surface area contributed by atoms with Crippen LogP contribution in [0.2, 0.25) is 0 Å². The van der Waals surface area contributed by atoms with Gasteiger partial charge in [-0.2, -0.15) is 0 Å². The van der Waals surface area contributed by atoms with Crippen LogP contribution in [0.5, 0.6) is 0 Å². The summed E-state index contributed by atoms with van der Waals surface area (Å²) in [6, 6.07) is 0. The summed E-state index contributed by atoms with van der Waals surface area (Å²) in [6.45, 7) is 1.36. The summed E-state index contributed by atoms with van der Waals surface area (Å²) >= 11 is 0. The number of carbonyl (C=O) groups is 1. The number of esters is 1. The van der Waals surface area contributed by atoms with Crippen LogP contribution in [0.15, 0.2) is 0 Å². The van der Waals surface area contributed by atoms with Crippen LogP contribution in [-0.4, -0.2) is 13.1 Å². The summed E-state index contributed by atoms with van der Waals surface area (Å²) in [5.41, 5.74) is 0. The minimum Gasteiger partial charge on any atom is -0.469 e. The summed E-state index contributed by atoms with van der Waals surface area (Å²) in [5, 5.41) is 0. The third-order valence-corrected chi connectivity index (χ3v) is 0.287. The van der Waals surface area contributed by atoms with Gasteiger partial charge in [0, 0.05) is 24.0 Å². The van der Waals surface area contributed by atoms with E-state index in [2.05, 4.69) is 4.74 Å². The van der Waals surface area contributed by atoms with Crippen molar-refractivity contribution in [3.63, 3.8) is 0 Å². The molecule has 3 heteroatoms. The molecule has 0 aliphatic rings. The molecule has 0 aliphatic heterocycles. The van der Waals surface area contributed by atoms with E-state index in [1.165, 1.54) is 14.0 Å². The normalized spacial score (nSPS) is 5.67. The SMILES string of the molecule is COC(C)=O.[Mn]. The molecule has 0 amide bonds. The van der Waals surface area contributed by atoms with Crippen molar-refractivity contribution in [3.05, 3.63) is 0 Å². The third kappa shape index (κ3) is 9.01. The number of carbonyl (C=O) groups excluding carboxylic acids is 1. The first-order valence-corrected chi connectivity index (χ1v) is 1.32. The quantitative estimate of drug-likeness (QED) is 0.344. The Morgan fingerprint density at radius 1 is 1.67 bits per heavy atom. The van der Waals surface area contributed by atoms with Crippen molar-refractivity contribution >= 4 is 5.97 Å². The van der Waals surface area contributed by atoms with Gasteiger partial charge in [-0.15, -0.1) is 0 Å². The molecular formula is C3H6MnO2. The third-order valence-electron chi connectivity index (χ3n) is 0.287. The van der Waals surface area contributed by atoms with E-state index in [0.717, 1.165) is 0 Å². The Morgan fingerprint density at radius 2 is 1.83 bits per heavy atom. The van der Waals surface area contributed by atoms with E-state index >= 15 is 0 Å². The fourth-order valence-corrected chi connectivity index (χ4v) is 0. The number of ether oxygens (including phenoxy) is 1. The second-order valence-electron chi connectivity index (χ2n) is 0.696. The maximum absolute atomic E-state index is 9.59. The second-order valence-corrected chi connectivity index (χ2v) is 0.696. The molecule has 1 radical (unpaired) electrons. The van der Waals surface area contributed by atoms with Crippen molar-refractivity contribution in [1.82, 2.24) is 0 Å². The van der Waals surface area contributed by atoms with Gasteiger partial charge in [0.2, 0.25) is 0 Å². The van der Waals surface area contributed by atoms with Crippen LogP contribution >= 0.6 is 0 Å². The van der Waals surface area contributed by atoms with Crippen molar-refractivity contribution in [2.45, 2.75) is 6.92 Å². The van der Waals surface area contributed by atoms with E-state index in [-0.39, 0.29) is 23.0 Å². The van der Waals surface area contributed by atoms with Gasteiger partial charge in [0.05, 0.1) is 7.11 Å². The minimum absolute atomic E-state index is 0. The van der Waals surface area contributed by atoms with Crippen molar-refractivity contribution in [2.24, 2.45) is 0 Å². The minimum atomic E-state index is -0.245. The Bertz CT molecular complexity index is 44.1. The van der Waals surface area contributed by atoms with E-state index in [4.69, 9.17) is 0 Å². The summed E-state index contributed by atoms with van der Waals surface area (Å²) in [5.74, 6) is -0.245. The van der Waals surface area contributed by atoms with Gasteiger partial charge in [0.25, 0.3) is 0 Å². The number of hydrogen-bond donors (Lipinski definition) is 0. The zero-order valence-corrected chi connectivity index (χ0v) is 4.87. The van der Waals surface area contributed by atoms with Crippen molar-refractivity contribution in [1.29, 1.82) is 0 Å². The first kappa shape index (κ1) is 9.37. The van der Waals surface area contributed by atoms with Crippen LogP contribution < -0.4 is 0 Å². The monoisotopic (exact) mass is 129 g/mol.